The zero-order valence-electron chi connectivity index (χ0n) is 29.2. The quantitative estimate of drug-likeness (QED) is 0.179. The summed E-state index contributed by atoms with van der Waals surface area (Å²) < 4.78 is 60.2. The van der Waals surface area contributed by atoms with Gasteiger partial charge in [-0.05, 0) is 73.6 Å². The lowest BCUT2D eigenvalue weighted by molar-refractivity contribution is -0.873. The third kappa shape index (κ3) is 10.4. The van der Waals surface area contributed by atoms with Gasteiger partial charge in [0.05, 0.1) is 57.2 Å². The standard InChI is InChI=1S/C35H47F3N4O7/c1-21(43)49-26(20-42(4,5)6)17-30(45)48-14-13-47-25-10-7-22(8-11-25)15-23-16-24(9-12-27(23)33(39)46)41-28-18-34(2,3)19-29(44)31(28)32(40-41)35(36,37)38/h9,12,16,22,25-26H,7-8,10-11,13-15,17-20H2,1-6H3,(H-,39,46)/p+1. The SMILES string of the molecule is CC(=O)OC(CC(=O)OCCOC1CCC(Cc2cc(-n3nc(C(F)(F)F)c4c3CC(C)(C)CC4=O)ccc2C(N)=O)CC1)C[N+](C)(C)C. The van der Waals surface area contributed by atoms with Gasteiger partial charge in [-0.2, -0.15) is 18.3 Å². The Balaban J connectivity index is 1.36. The zero-order chi connectivity index (χ0) is 36.3. The van der Waals surface area contributed by atoms with Crippen LogP contribution < -0.4 is 5.73 Å². The second-order valence-corrected chi connectivity index (χ2v) is 15.1. The molecule has 49 heavy (non-hydrogen) atoms. The zero-order valence-corrected chi connectivity index (χ0v) is 29.2. The third-order valence-corrected chi connectivity index (χ3v) is 8.89. The number of ether oxygens (including phenoxy) is 3. The Kier molecular flexibility index (Phi) is 11.6. The van der Waals surface area contributed by atoms with Crippen LogP contribution in [0.15, 0.2) is 18.2 Å². The fourth-order valence-electron chi connectivity index (χ4n) is 6.90. The van der Waals surface area contributed by atoms with Gasteiger partial charge in [-0.15, -0.1) is 0 Å². The smallest absolute Gasteiger partial charge is 0.435 e. The third-order valence-electron chi connectivity index (χ3n) is 8.89. The number of ketones is 1. The van der Waals surface area contributed by atoms with Crippen LogP contribution in [-0.4, -0.2) is 91.0 Å². The lowest BCUT2D eigenvalue weighted by Crippen LogP contribution is -2.43. The van der Waals surface area contributed by atoms with Crippen molar-refractivity contribution in [1.82, 2.24) is 9.78 Å². The average Bonchev–Trinajstić information content (AvgIpc) is 3.34. The Labute approximate surface area is 284 Å². The molecule has 0 bridgehead atoms. The van der Waals surface area contributed by atoms with E-state index in [9.17, 15) is 32.3 Å². The number of carbonyl (C=O) groups excluding carboxylic acids is 4. The highest BCUT2D eigenvalue weighted by molar-refractivity contribution is 6.00. The number of alkyl halides is 3. The van der Waals surface area contributed by atoms with E-state index in [1.165, 1.54) is 23.7 Å². The Morgan fingerprint density at radius 2 is 1.76 bits per heavy atom. The Morgan fingerprint density at radius 1 is 1.08 bits per heavy atom. The van der Waals surface area contributed by atoms with Gasteiger partial charge < -0.3 is 24.4 Å². The van der Waals surface area contributed by atoms with Crippen molar-refractivity contribution in [2.24, 2.45) is 17.1 Å². The number of aromatic nitrogens is 2. The molecule has 4 rings (SSSR count). The van der Waals surface area contributed by atoms with Gasteiger partial charge in [0.2, 0.25) is 5.91 Å². The largest absolute Gasteiger partial charge is 0.463 e. The molecule has 14 heteroatoms. The molecular weight excluding hydrogens is 645 g/mol. The van der Waals surface area contributed by atoms with Crippen molar-refractivity contribution in [2.75, 3.05) is 40.9 Å². The van der Waals surface area contributed by atoms with E-state index in [0.29, 0.717) is 28.7 Å². The van der Waals surface area contributed by atoms with Gasteiger partial charge in [-0.3, -0.25) is 19.2 Å². The summed E-state index contributed by atoms with van der Waals surface area (Å²) in [5.74, 6) is -1.98. The molecule has 1 aromatic heterocycles. The van der Waals surface area contributed by atoms with Crippen LogP contribution in [0, 0.1) is 11.3 Å². The average molecular weight is 694 g/mol. The van der Waals surface area contributed by atoms with Gasteiger partial charge in [0, 0.05) is 18.9 Å². The molecular formula is C35H48F3N4O7+. The predicted molar refractivity (Wildman–Crippen MR) is 173 cm³/mol. The molecule has 270 valence electrons. The number of benzene rings is 1. The molecule has 1 fully saturated rings. The first-order valence-corrected chi connectivity index (χ1v) is 16.6. The van der Waals surface area contributed by atoms with Crippen molar-refractivity contribution in [3.63, 3.8) is 0 Å². The number of amides is 1. The molecule has 0 saturated heterocycles. The summed E-state index contributed by atoms with van der Waals surface area (Å²) in [5, 5.41) is 3.89. The van der Waals surface area contributed by atoms with E-state index in [4.69, 9.17) is 19.9 Å². The van der Waals surface area contributed by atoms with Crippen LogP contribution in [0.4, 0.5) is 13.2 Å². The highest BCUT2D eigenvalue weighted by Crippen LogP contribution is 2.42. The van der Waals surface area contributed by atoms with Crippen molar-refractivity contribution in [3.05, 3.63) is 46.3 Å². The summed E-state index contributed by atoms with van der Waals surface area (Å²) in [6.07, 6.45) is -1.74. The molecule has 1 heterocycles. The van der Waals surface area contributed by atoms with E-state index in [1.54, 1.807) is 6.07 Å². The molecule has 2 aromatic rings. The van der Waals surface area contributed by atoms with Gasteiger partial charge in [0.25, 0.3) is 0 Å². The minimum atomic E-state index is -4.80. The van der Waals surface area contributed by atoms with Crippen LogP contribution >= 0.6 is 0 Å². The van der Waals surface area contributed by atoms with Gasteiger partial charge >= 0.3 is 18.1 Å². The fraction of sp³-hybridized carbons (Fsp3) is 0.629. The van der Waals surface area contributed by atoms with Gasteiger partial charge in [-0.1, -0.05) is 13.8 Å². The normalized spacial score (nSPS) is 20.0. The van der Waals surface area contributed by atoms with Crippen molar-refractivity contribution in [3.8, 4) is 5.69 Å². The van der Waals surface area contributed by atoms with Crippen LogP contribution in [0.25, 0.3) is 5.69 Å². The number of primary amides is 1. The van der Waals surface area contributed by atoms with E-state index in [1.807, 2.05) is 35.0 Å². The van der Waals surface area contributed by atoms with Gasteiger partial charge in [0.1, 0.15) is 13.2 Å². The maximum Gasteiger partial charge on any atom is 0.435 e. The second-order valence-electron chi connectivity index (χ2n) is 15.1. The molecule has 1 atom stereocenters. The number of rotatable bonds is 13. The summed E-state index contributed by atoms with van der Waals surface area (Å²) in [7, 11) is 5.81. The number of quaternary nitrogens is 1. The summed E-state index contributed by atoms with van der Waals surface area (Å²) >= 11 is 0. The number of nitrogens with zero attached hydrogens (tertiary/aromatic N) is 3. The number of esters is 2. The second kappa shape index (κ2) is 15.0. The van der Waals surface area contributed by atoms with Crippen LogP contribution in [0.1, 0.15) is 97.0 Å². The van der Waals surface area contributed by atoms with E-state index in [2.05, 4.69) is 5.10 Å². The highest BCUT2D eigenvalue weighted by Gasteiger charge is 2.45. The summed E-state index contributed by atoms with van der Waals surface area (Å²) in [4.78, 5) is 49.0. The molecule has 11 nitrogen and oxygen atoms in total. The summed E-state index contributed by atoms with van der Waals surface area (Å²) in [6, 6.07) is 4.68. The molecule has 0 aliphatic heterocycles. The number of Topliss-reactive ketones (excluding diaryl/α,β-unsaturated/α-hetero) is 1. The molecule has 1 aromatic carbocycles. The molecule has 2 N–H and O–H groups in total. The predicted octanol–water partition coefficient (Wildman–Crippen LogP) is 4.83. The highest BCUT2D eigenvalue weighted by atomic mass is 19.4. The van der Waals surface area contributed by atoms with Gasteiger partial charge in [-0.25, -0.2) is 4.68 Å². The Morgan fingerprint density at radius 3 is 2.35 bits per heavy atom. The monoisotopic (exact) mass is 693 g/mol. The molecule has 0 spiro atoms. The van der Waals surface area contributed by atoms with Crippen LogP contribution in [-0.2, 0) is 42.8 Å². The first-order chi connectivity index (χ1) is 22.7. The lowest BCUT2D eigenvalue weighted by atomic mass is 9.75. The number of hydrogen-bond donors (Lipinski definition) is 1. The Hall–Kier alpha value is -3.78. The molecule has 1 amide bonds. The molecule has 2 aliphatic rings. The first kappa shape index (κ1) is 38.0. The van der Waals surface area contributed by atoms with Crippen molar-refractivity contribution in [2.45, 2.75) is 90.5 Å². The number of fused-ring (bicyclic) bond motifs is 1. The molecule has 0 radical (unpaired) electrons. The van der Waals surface area contributed by atoms with E-state index >= 15 is 0 Å². The number of likely N-dealkylation sites (N-methyl/N-ethyl adjacent to an activating group) is 1. The minimum absolute atomic E-state index is 0.00656. The number of carbonyl (C=O) groups is 4. The number of nitrogens with two attached hydrogens (primary N) is 1. The van der Waals surface area contributed by atoms with E-state index in [-0.39, 0.29) is 61.3 Å². The summed E-state index contributed by atoms with van der Waals surface area (Å²) in [6.45, 7) is 5.73. The van der Waals surface area contributed by atoms with Crippen molar-refractivity contribution in [1.29, 1.82) is 0 Å². The van der Waals surface area contributed by atoms with Gasteiger partial charge in [0.15, 0.2) is 17.6 Å². The van der Waals surface area contributed by atoms with Crippen molar-refractivity contribution >= 4 is 23.6 Å². The maximum absolute atomic E-state index is 14.0. The van der Waals surface area contributed by atoms with E-state index in [0.717, 1.165) is 25.7 Å². The molecule has 1 unspecified atom stereocenters. The topological polar surface area (TPSA) is 140 Å². The first-order valence-electron chi connectivity index (χ1n) is 16.6. The fourth-order valence-corrected chi connectivity index (χ4v) is 6.90. The Bertz CT molecular complexity index is 1550. The molecule has 2 aliphatic carbocycles. The van der Waals surface area contributed by atoms with Crippen molar-refractivity contribution < 1.29 is 51.0 Å². The summed E-state index contributed by atoms with van der Waals surface area (Å²) in [5.41, 5.74) is 5.01. The van der Waals surface area contributed by atoms with Crippen LogP contribution in [0.5, 0.6) is 0 Å². The molecule has 1 saturated carbocycles. The minimum Gasteiger partial charge on any atom is -0.463 e. The van der Waals surface area contributed by atoms with E-state index < -0.39 is 47.0 Å². The number of halogens is 3. The van der Waals surface area contributed by atoms with Crippen LogP contribution in [0.2, 0.25) is 0 Å². The van der Waals surface area contributed by atoms with Crippen LogP contribution in [0.3, 0.4) is 0 Å². The maximum atomic E-state index is 14.0. The number of hydrogen-bond acceptors (Lipinski definition) is 8. The lowest BCUT2D eigenvalue weighted by Gasteiger charge is -2.30.